The summed E-state index contributed by atoms with van der Waals surface area (Å²) in [5.74, 6) is 0.777. The van der Waals surface area contributed by atoms with Crippen LogP contribution in [0.3, 0.4) is 0 Å². The van der Waals surface area contributed by atoms with E-state index in [4.69, 9.17) is 8.22 Å². The molecule has 0 unspecified atom stereocenters. The number of benzene rings is 2. The zero-order valence-electron chi connectivity index (χ0n) is 21.7. The number of fused-ring (bicyclic) bond motifs is 1. The summed E-state index contributed by atoms with van der Waals surface area (Å²) in [5.41, 5.74) is 3.41. The zero-order valence-corrected chi connectivity index (χ0v) is 15.7. The Kier molecular flexibility index (Phi) is 2.83. The molecular formula is C24H26N3+. The summed E-state index contributed by atoms with van der Waals surface area (Å²) in [6, 6.07) is 15.1. The summed E-state index contributed by atoms with van der Waals surface area (Å²) in [6.07, 6.45) is 5.21. The zero-order chi connectivity index (χ0) is 24.1. The molecule has 0 spiro atoms. The van der Waals surface area contributed by atoms with Crippen LogP contribution in [-0.4, -0.2) is 9.13 Å². The molecule has 0 bridgehead atoms. The molecule has 0 saturated heterocycles. The second-order valence-electron chi connectivity index (χ2n) is 6.66. The number of nitrogens with zero attached hydrogens (tertiary/aromatic N) is 3. The van der Waals surface area contributed by atoms with Crippen molar-refractivity contribution in [3.63, 3.8) is 0 Å². The maximum absolute atomic E-state index is 8.17. The van der Waals surface area contributed by atoms with E-state index in [-0.39, 0.29) is 11.4 Å². The smallest absolute Gasteiger partial charge is 0.236 e. The van der Waals surface area contributed by atoms with Crippen molar-refractivity contribution in [3.8, 4) is 11.5 Å². The van der Waals surface area contributed by atoms with Crippen molar-refractivity contribution in [3.05, 3.63) is 84.0 Å². The van der Waals surface area contributed by atoms with Gasteiger partial charge in [-0.3, -0.25) is 0 Å². The second-order valence-corrected chi connectivity index (χ2v) is 6.66. The molecule has 0 N–H and O–H groups in total. The fourth-order valence-corrected chi connectivity index (χ4v) is 3.55. The van der Waals surface area contributed by atoms with E-state index < -0.39 is 13.7 Å². The highest BCUT2D eigenvalue weighted by Crippen LogP contribution is 2.31. The number of aromatic nitrogens is 3. The Morgan fingerprint density at radius 1 is 1.04 bits per heavy atom. The molecule has 0 aliphatic heterocycles. The molecule has 3 nitrogen and oxygen atoms in total. The molecule has 27 heavy (non-hydrogen) atoms. The summed E-state index contributed by atoms with van der Waals surface area (Å²) < 4.78 is 53.8. The highest BCUT2D eigenvalue weighted by molar-refractivity contribution is 5.95. The minimum absolute atomic E-state index is 0.155. The highest BCUT2D eigenvalue weighted by Gasteiger charge is 2.23. The lowest BCUT2D eigenvalue weighted by Gasteiger charge is -2.02. The van der Waals surface area contributed by atoms with Crippen molar-refractivity contribution in [1.82, 2.24) is 9.13 Å². The van der Waals surface area contributed by atoms with Gasteiger partial charge in [0.2, 0.25) is 5.82 Å². The van der Waals surface area contributed by atoms with E-state index in [1.54, 1.807) is 41.6 Å². The third-order valence-electron chi connectivity index (χ3n) is 5.02. The molecule has 4 rings (SSSR count). The van der Waals surface area contributed by atoms with Gasteiger partial charge in [-0.2, -0.15) is 0 Å². The third-order valence-corrected chi connectivity index (χ3v) is 5.02. The van der Waals surface area contributed by atoms with Crippen LogP contribution in [0.5, 0.6) is 0 Å². The molecular weight excluding hydrogens is 330 g/mol. The number of para-hydroxylation sites is 2. The highest BCUT2D eigenvalue weighted by atomic mass is 15.2. The molecule has 0 saturated carbocycles. The van der Waals surface area contributed by atoms with Crippen molar-refractivity contribution < 1.29 is 12.8 Å². The van der Waals surface area contributed by atoms with Gasteiger partial charge in [-0.1, -0.05) is 42.5 Å². The molecule has 0 amide bonds. The quantitative estimate of drug-likeness (QED) is 0.440. The lowest BCUT2D eigenvalue weighted by atomic mass is 10.0. The fraction of sp³-hybridized carbons (Fsp3) is 0.208. The van der Waals surface area contributed by atoms with Gasteiger partial charge >= 0.3 is 0 Å². The SMILES string of the molecule is [2H]C([2H])([2H])C(=CC)c1cn(-c2cn(-c3ccccc3)c(C([2H])([2H])[2H])[n+]2C)c2c(C)cccc12. The van der Waals surface area contributed by atoms with Crippen molar-refractivity contribution in [2.75, 3.05) is 0 Å². The van der Waals surface area contributed by atoms with Crippen LogP contribution in [0.1, 0.15) is 39.0 Å². The van der Waals surface area contributed by atoms with Gasteiger partial charge in [-0.05, 0) is 44.0 Å². The first-order valence-corrected chi connectivity index (χ1v) is 8.90. The molecule has 136 valence electrons. The van der Waals surface area contributed by atoms with E-state index in [0.29, 0.717) is 11.4 Å². The average Bonchev–Trinajstić information content (AvgIpc) is 3.27. The summed E-state index contributed by atoms with van der Waals surface area (Å²) in [7, 11) is 1.72. The average molecular weight is 363 g/mol. The van der Waals surface area contributed by atoms with Gasteiger partial charge in [0.05, 0.1) is 13.2 Å². The Bertz CT molecular complexity index is 1360. The van der Waals surface area contributed by atoms with Gasteiger partial charge in [0.25, 0.3) is 5.82 Å². The maximum Gasteiger partial charge on any atom is 0.265 e. The number of hydrogen-bond acceptors (Lipinski definition) is 0. The van der Waals surface area contributed by atoms with Crippen molar-refractivity contribution in [1.29, 1.82) is 0 Å². The lowest BCUT2D eigenvalue weighted by molar-refractivity contribution is -0.671. The number of aryl methyl sites for hydroxylation is 1. The van der Waals surface area contributed by atoms with Crippen molar-refractivity contribution in [2.24, 2.45) is 7.05 Å². The minimum atomic E-state index is -2.36. The van der Waals surface area contributed by atoms with Gasteiger partial charge in [-0.15, -0.1) is 0 Å². The predicted octanol–water partition coefficient (Wildman–Crippen LogP) is 5.29. The first-order valence-electron chi connectivity index (χ1n) is 11.9. The Morgan fingerprint density at radius 2 is 1.85 bits per heavy atom. The number of rotatable bonds is 3. The second kappa shape index (κ2) is 6.58. The number of imidazole rings is 1. The molecule has 2 aromatic heterocycles. The van der Waals surface area contributed by atoms with Gasteiger partial charge in [0.15, 0.2) is 0 Å². The van der Waals surface area contributed by atoms with Crippen LogP contribution in [0.25, 0.3) is 28.0 Å². The van der Waals surface area contributed by atoms with Crippen LogP contribution in [0.4, 0.5) is 0 Å². The summed E-state index contributed by atoms with van der Waals surface area (Å²) in [6.45, 7) is -0.956. The molecule has 3 heteroatoms. The lowest BCUT2D eigenvalue weighted by Crippen LogP contribution is -2.34. The molecule has 2 heterocycles. The van der Waals surface area contributed by atoms with Gasteiger partial charge < -0.3 is 0 Å². The van der Waals surface area contributed by atoms with Crippen molar-refractivity contribution >= 4 is 16.5 Å². The summed E-state index contributed by atoms with van der Waals surface area (Å²) in [5, 5.41) is 0.808. The summed E-state index contributed by atoms with van der Waals surface area (Å²) >= 11 is 0. The molecule has 0 aliphatic carbocycles. The fourth-order valence-electron chi connectivity index (χ4n) is 3.55. The Morgan fingerprint density at radius 3 is 2.56 bits per heavy atom. The normalized spacial score (nSPS) is 16.3. The monoisotopic (exact) mass is 362 g/mol. The van der Waals surface area contributed by atoms with E-state index in [2.05, 4.69) is 0 Å². The molecule has 0 radical (unpaired) electrons. The van der Waals surface area contributed by atoms with E-state index >= 15 is 0 Å². The van der Waals surface area contributed by atoms with E-state index in [9.17, 15) is 0 Å². The molecule has 4 aromatic rings. The molecule has 2 aromatic carbocycles. The van der Waals surface area contributed by atoms with Gasteiger partial charge in [-0.25, -0.2) is 13.7 Å². The third kappa shape index (κ3) is 2.71. The van der Waals surface area contributed by atoms with E-state index in [1.807, 2.05) is 60.0 Å². The largest absolute Gasteiger partial charge is 0.265 e. The molecule has 0 atom stereocenters. The predicted molar refractivity (Wildman–Crippen MR) is 113 cm³/mol. The minimum Gasteiger partial charge on any atom is -0.236 e. The first-order chi connectivity index (χ1) is 15.4. The maximum atomic E-state index is 8.17. The van der Waals surface area contributed by atoms with Crippen LogP contribution in [-0.2, 0) is 7.05 Å². The van der Waals surface area contributed by atoms with Gasteiger partial charge in [0, 0.05) is 26.0 Å². The molecule has 0 aliphatic rings. The molecule has 0 fully saturated rings. The van der Waals surface area contributed by atoms with E-state index in [0.717, 1.165) is 22.2 Å². The summed E-state index contributed by atoms with van der Waals surface area (Å²) in [4.78, 5) is 0. The topological polar surface area (TPSA) is 13.7 Å². The number of allylic oxidation sites excluding steroid dienone is 2. The Labute approximate surface area is 169 Å². The first kappa shape index (κ1) is 11.6. The standard InChI is InChI=1S/C24H26N3/c1-6-17(2)22-15-27(24-18(3)11-10-14-21(22)24)23-16-26(19(4)25(23)5)20-12-8-7-9-13-20/h6-16H,1-5H3/q+1/i2D3,4D3. The van der Waals surface area contributed by atoms with Crippen LogP contribution in [0.2, 0.25) is 0 Å². The van der Waals surface area contributed by atoms with Crippen LogP contribution >= 0.6 is 0 Å². The van der Waals surface area contributed by atoms with Crippen molar-refractivity contribution in [2.45, 2.75) is 27.6 Å². The number of hydrogen-bond donors (Lipinski definition) is 0. The Hall–Kier alpha value is -3.07. The van der Waals surface area contributed by atoms with Gasteiger partial charge in [0.1, 0.15) is 17.4 Å². The van der Waals surface area contributed by atoms with Crippen LogP contribution < -0.4 is 4.57 Å². The van der Waals surface area contributed by atoms with E-state index in [1.165, 1.54) is 0 Å². The Balaban J connectivity index is 2.08. The van der Waals surface area contributed by atoms with Crippen LogP contribution in [0.15, 0.2) is 67.0 Å². The van der Waals surface area contributed by atoms with Crippen LogP contribution in [0, 0.1) is 13.8 Å².